The van der Waals surface area contributed by atoms with Crippen LogP contribution < -0.4 is 0 Å². The topological polar surface area (TPSA) is 190 Å². The van der Waals surface area contributed by atoms with Gasteiger partial charge in [0.15, 0.2) is 0 Å². The number of carbonyl (C=O) groups excluding carboxylic acids is 4. The zero-order valence-corrected chi connectivity index (χ0v) is 34.9. The van der Waals surface area contributed by atoms with Crippen LogP contribution in [-0.2, 0) is 56.5 Å². The second-order valence-electron chi connectivity index (χ2n) is 16.0. The molecule has 0 rings (SSSR count). The first-order valence-electron chi connectivity index (χ1n) is 17.2. The van der Waals surface area contributed by atoms with E-state index in [1.54, 1.807) is 20.8 Å². The molecule has 0 aliphatic heterocycles. The molecule has 304 valence electrons. The molecule has 17 heteroatoms. The Morgan fingerprint density at radius 1 is 0.692 bits per heavy atom. The van der Waals surface area contributed by atoms with Gasteiger partial charge in [-0.1, -0.05) is 27.4 Å². The summed E-state index contributed by atoms with van der Waals surface area (Å²) in [5.74, 6) is -2.34. The van der Waals surface area contributed by atoms with Gasteiger partial charge in [0.05, 0.1) is 63.5 Å². The van der Waals surface area contributed by atoms with Crippen molar-refractivity contribution in [3.63, 3.8) is 0 Å². The average Bonchev–Trinajstić information content (AvgIpc) is 3.01. The van der Waals surface area contributed by atoms with Gasteiger partial charge < -0.3 is 38.2 Å². The number of halogens is 1. The highest BCUT2D eigenvalue weighted by Crippen LogP contribution is 2.47. The Morgan fingerprint density at radius 3 is 1.65 bits per heavy atom. The largest absolute Gasteiger partial charge is 0.501 e. The number of phosphoric ester groups is 1. The van der Waals surface area contributed by atoms with Gasteiger partial charge in [-0.15, -0.1) is 11.6 Å². The number of nitrogens with zero attached hydrogens (tertiary/aromatic N) is 1. The fraction of sp³-hybridized carbons (Fsp3) is 0.829. The number of quaternary nitrogens is 1. The molecule has 0 aliphatic carbocycles. The Hall–Kier alpha value is -2.26. The van der Waals surface area contributed by atoms with Gasteiger partial charge in [-0.3, -0.25) is 28.2 Å². The minimum Gasteiger partial charge on any atom is -0.501 e. The van der Waals surface area contributed by atoms with E-state index in [0.29, 0.717) is 23.2 Å². The fourth-order valence-corrected chi connectivity index (χ4v) is 6.67. The zero-order chi connectivity index (χ0) is 40.8. The van der Waals surface area contributed by atoms with Crippen LogP contribution in [0.5, 0.6) is 0 Å². The lowest BCUT2D eigenvalue weighted by Crippen LogP contribution is -2.43. The third-order valence-corrected chi connectivity index (χ3v) is 9.90. The molecule has 4 atom stereocenters. The van der Waals surface area contributed by atoms with Crippen LogP contribution in [0.1, 0.15) is 81.1 Å². The molecule has 0 spiro atoms. The molecule has 0 saturated heterocycles. The van der Waals surface area contributed by atoms with Crippen molar-refractivity contribution >= 4 is 43.3 Å². The quantitative estimate of drug-likeness (QED) is 0.0231. The predicted octanol–water partition coefficient (Wildman–Crippen LogP) is 4.79. The molecule has 2 N–H and O–H groups in total. The van der Waals surface area contributed by atoms with Crippen molar-refractivity contribution in [1.29, 1.82) is 0 Å². The van der Waals surface area contributed by atoms with E-state index < -0.39 is 64.8 Å². The van der Waals surface area contributed by atoms with Crippen LogP contribution in [0.3, 0.4) is 0 Å². The van der Waals surface area contributed by atoms with Crippen LogP contribution in [0.25, 0.3) is 0 Å². The molecule has 0 bridgehead atoms. The lowest BCUT2D eigenvalue weighted by Gasteiger charge is -2.40. The van der Waals surface area contributed by atoms with E-state index in [0.717, 1.165) is 0 Å². The Kier molecular flexibility index (Phi) is 19.5. The number of aliphatic hydroxyl groups is 1. The standard InChI is InChI=1S/C35H63ClNO14P/c1-14-33(7,25-34(8,29(41)46-18-16-38)23-31(3,4)26(2)45-13)28(40)48-20-19-47-27(39)32(5,6)24-35(9,36)30(42)49-21-22-51-52(43,44)50-17-15-37(10,11)12/h38H,2,14-25H2,1,3-13H3/p+1. The third kappa shape index (κ3) is 17.3. The summed E-state index contributed by atoms with van der Waals surface area (Å²) in [4.78, 5) is 60.5. The average molecular weight is 789 g/mol. The summed E-state index contributed by atoms with van der Waals surface area (Å²) in [7, 11) is 2.82. The summed E-state index contributed by atoms with van der Waals surface area (Å²) in [6.07, 6.45) is 0.391. The van der Waals surface area contributed by atoms with E-state index in [9.17, 15) is 33.7 Å². The Bertz CT molecular complexity index is 1260. The summed E-state index contributed by atoms with van der Waals surface area (Å²) in [5.41, 5.74) is -4.27. The SMILES string of the molecule is C=C(OC)C(C)(C)CC(C)(CC(C)(CC)C(=O)OCCOC(=O)C(C)(C)CC(C)(Cl)C(=O)OCCOP(=O)(O)OCC[N+](C)(C)C)C(=O)OCCO. The number of alkyl halides is 1. The number of hydrogen-bond acceptors (Lipinski definition) is 13. The summed E-state index contributed by atoms with van der Waals surface area (Å²) in [5, 5.41) is 9.22. The highest BCUT2D eigenvalue weighted by Gasteiger charge is 2.49. The Balaban J connectivity index is 5.24. The van der Waals surface area contributed by atoms with E-state index >= 15 is 0 Å². The number of carbonyl (C=O) groups is 4. The van der Waals surface area contributed by atoms with Crippen molar-refractivity contribution in [3.05, 3.63) is 12.3 Å². The molecule has 0 fully saturated rings. The fourth-order valence-electron chi connectivity index (χ4n) is 5.59. The second kappa shape index (κ2) is 20.4. The van der Waals surface area contributed by atoms with Crippen molar-refractivity contribution in [1.82, 2.24) is 0 Å². The molecule has 0 aromatic heterocycles. The van der Waals surface area contributed by atoms with Crippen LogP contribution in [-0.4, -0.2) is 124 Å². The van der Waals surface area contributed by atoms with Crippen molar-refractivity contribution < 1.29 is 71.0 Å². The molecule has 0 aromatic rings. The normalized spacial score (nSPS) is 17.0. The lowest BCUT2D eigenvalue weighted by molar-refractivity contribution is -0.870. The van der Waals surface area contributed by atoms with Gasteiger partial charge in [-0.05, 0) is 60.3 Å². The number of phosphoric acid groups is 1. The van der Waals surface area contributed by atoms with Gasteiger partial charge in [0.25, 0.3) is 0 Å². The number of allylic oxidation sites excluding steroid dienone is 1. The number of esters is 4. The van der Waals surface area contributed by atoms with Gasteiger partial charge in [0.2, 0.25) is 0 Å². The maximum atomic E-state index is 13.4. The van der Waals surface area contributed by atoms with Gasteiger partial charge >= 0.3 is 31.7 Å². The molecule has 15 nitrogen and oxygen atoms in total. The molecular weight excluding hydrogens is 725 g/mol. The maximum absolute atomic E-state index is 13.4. The number of ether oxygens (including phenoxy) is 5. The number of methoxy groups -OCH3 is 1. The van der Waals surface area contributed by atoms with Crippen LogP contribution >= 0.6 is 19.4 Å². The first-order chi connectivity index (χ1) is 23.5. The van der Waals surface area contributed by atoms with E-state index in [1.807, 2.05) is 35.0 Å². The van der Waals surface area contributed by atoms with Crippen molar-refractivity contribution in [3.8, 4) is 0 Å². The van der Waals surface area contributed by atoms with Crippen LogP contribution in [0, 0.1) is 21.7 Å². The Morgan fingerprint density at radius 2 is 1.15 bits per heavy atom. The lowest BCUT2D eigenvalue weighted by atomic mass is 9.64. The highest BCUT2D eigenvalue weighted by atomic mass is 35.5. The van der Waals surface area contributed by atoms with E-state index in [1.165, 1.54) is 27.9 Å². The Labute approximate surface area is 314 Å². The summed E-state index contributed by atoms with van der Waals surface area (Å²) < 4.78 is 48.9. The zero-order valence-electron chi connectivity index (χ0n) is 33.3. The summed E-state index contributed by atoms with van der Waals surface area (Å²) >= 11 is 6.45. The first-order valence-corrected chi connectivity index (χ1v) is 19.0. The summed E-state index contributed by atoms with van der Waals surface area (Å²) in [6, 6.07) is 0. The third-order valence-electron chi connectivity index (χ3n) is 8.59. The first kappa shape index (κ1) is 49.7. The molecular formula is C35H64ClNO14P+. The second-order valence-corrected chi connectivity index (χ2v) is 18.3. The molecule has 0 amide bonds. The molecule has 0 radical (unpaired) electrons. The maximum Gasteiger partial charge on any atom is 0.472 e. The molecule has 0 aromatic carbocycles. The number of rotatable bonds is 26. The molecule has 4 unspecified atom stereocenters. The van der Waals surface area contributed by atoms with E-state index in [4.69, 9.17) is 44.3 Å². The van der Waals surface area contributed by atoms with Crippen molar-refractivity contribution in [2.75, 3.05) is 81.0 Å². The van der Waals surface area contributed by atoms with Crippen LogP contribution in [0.4, 0.5) is 0 Å². The molecule has 52 heavy (non-hydrogen) atoms. The minimum absolute atomic E-state index is 0.0157. The minimum atomic E-state index is -4.35. The van der Waals surface area contributed by atoms with Gasteiger partial charge in [-0.25, -0.2) is 4.57 Å². The van der Waals surface area contributed by atoms with Crippen LogP contribution in [0.15, 0.2) is 12.3 Å². The van der Waals surface area contributed by atoms with Gasteiger partial charge in [-0.2, -0.15) is 0 Å². The predicted molar refractivity (Wildman–Crippen MR) is 194 cm³/mol. The van der Waals surface area contributed by atoms with E-state index in [-0.39, 0.29) is 58.9 Å². The molecule has 0 heterocycles. The van der Waals surface area contributed by atoms with Crippen molar-refractivity contribution in [2.24, 2.45) is 21.7 Å². The number of aliphatic hydroxyl groups excluding tert-OH is 1. The van der Waals surface area contributed by atoms with Gasteiger partial charge in [0.1, 0.15) is 44.5 Å². The highest BCUT2D eigenvalue weighted by molar-refractivity contribution is 7.47. The monoisotopic (exact) mass is 788 g/mol. The van der Waals surface area contributed by atoms with Gasteiger partial charge in [0, 0.05) is 5.41 Å². The molecule has 0 aliphatic rings. The summed E-state index contributed by atoms with van der Waals surface area (Å²) in [6.45, 7) is 15.8. The van der Waals surface area contributed by atoms with Crippen LogP contribution in [0.2, 0.25) is 0 Å². The number of likely N-dealkylation sites (N-methyl/N-ethyl adjacent to an activating group) is 1. The van der Waals surface area contributed by atoms with E-state index in [2.05, 4.69) is 6.58 Å². The molecule has 0 saturated carbocycles. The number of hydrogen-bond donors (Lipinski definition) is 2. The smallest absolute Gasteiger partial charge is 0.472 e. The van der Waals surface area contributed by atoms with Crippen molar-refractivity contribution in [2.45, 2.75) is 85.9 Å².